The largest absolute Gasteiger partial charge is 0.335 e. The molecule has 0 aromatic carbocycles. The van der Waals surface area contributed by atoms with E-state index in [1.165, 1.54) is 9.80 Å². The summed E-state index contributed by atoms with van der Waals surface area (Å²) < 4.78 is 0. The van der Waals surface area contributed by atoms with Gasteiger partial charge in [0.05, 0.1) is 6.54 Å². The monoisotopic (exact) mass is 249 g/mol. The Morgan fingerprint density at radius 2 is 2.17 bits per heavy atom. The molecule has 96 valence electrons. The summed E-state index contributed by atoms with van der Waals surface area (Å²) in [6, 6.07) is 3.53. The van der Waals surface area contributed by atoms with E-state index in [4.69, 9.17) is 5.84 Å². The van der Waals surface area contributed by atoms with Crippen molar-refractivity contribution in [3.05, 3.63) is 23.9 Å². The highest BCUT2D eigenvalue weighted by atomic mass is 16.2. The van der Waals surface area contributed by atoms with Gasteiger partial charge in [-0.1, -0.05) is 0 Å². The number of nitrogens with one attached hydrogen (secondary N) is 1. The minimum atomic E-state index is -0.0591. The summed E-state index contributed by atoms with van der Waals surface area (Å²) in [5.41, 5.74) is 3.32. The Morgan fingerprint density at radius 1 is 1.39 bits per heavy atom. The number of pyridine rings is 1. The second-order valence-electron chi connectivity index (χ2n) is 4.19. The Kier molecular flexibility index (Phi) is 3.42. The highest BCUT2D eigenvalue weighted by molar-refractivity contribution is 5.92. The van der Waals surface area contributed by atoms with Crippen molar-refractivity contribution in [1.29, 1.82) is 0 Å². The minimum Gasteiger partial charge on any atom is -0.335 e. The van der Waals surface area contributed by atoms with E-state index in [2.05, 4.69) is 10.4 Å². The zero-order valence-corrected chi connectivity index (χ0v) is 10.1. The number of piperazine rings is 1. The lowest BCUT2D eigenvalue weighted by Crippen LogP contribution is -2.51. The number of likely N-dealkylation sites (N-methyl/N-ethyl adjacent to an activating group) is 1. The molecular formula is C11H15N5O2. The van der Waals surface area contributed by atoms with Gasteiger partial charge in [0.2, 0.25) is 11.8 Å². The Hall–Kier alpha value is -2.15. The number of carbonyl (C=O) groups is 2. The van der Waals surface area contributed by atoms with Gasteiger partial charge in [0.15, 0.2) is 0 Å². The second-order valence-corrected chi connectivity index (χ2v) is 4.19. The van der Waals surface area contributed by atoms with Crippen LogP contribution in [0.1, 0.15) is 5.56 Å². The summed E-state index contributed by atoms with van der Waals surface area (Å²) in [5.74, 6) is 5.68. The highest BCUT2D eigenvalue weighted by Gasteiger charge is 2.27. The molecule has 18 heavy (non-hydrogen) atoms. The first-order valence-corrected chi connectivity index (χ1v) is 5.53. The summed E-state index contributed by atoms with van der Waals surface area (Å²) in [4.78, 5) is 30.3. The van der Waals surface area contributed by atoms with Crippen molar-refractivity contribution >= 4 is 17.6 Å². The zero-order chi connectivity index (χ0) is 13.1. The molecule has 1 aromatic rings. The van der Waals surface area contributed by atoms with Gasteiger partial charge in [-0.15, -0.1) is 0 Å². The molecule has 0 radical (unpaired) electrons. The average molecular weight is 249 g/mol. The van der Waals surface area contributed by atoms with Crippen molar-refractivity contribution in [2.24, 2.45) is 5.84 Å². The van der Waals surface area contributed by atoms with Crippen LogP contribution < -0.4 is 11.3 Å². The van der Waals surface area contributed by atoms with Crippen LogP contribution in [-0.4, -0.2) is 46.7 Å². The van der Waals surface area contributed by atoms with Crippen LogP contribution in [-0.2, 0) is 16.1 Å². The quantitative estimate of drug-likeness (QED) is 0.539. The van der Waals surface area contributed by atoms with E-state index in [0.717, 1.165) is 5.56 Å². The third-order valence-electron chi connectivity index (χ3n) is 2.82. The van der Waals surface area contributed by atoms with Crippen LogP contribution in [0.15, 0.2) is 18.3 Å². The third kappa shape index (κ3) is 2.57. The van der Waals surface area contributed by atoms with Gasteiger partial charge in [-0.25, -0.2) is 10.8 Å². The predicted octanol–water partition coefficient (Wildman–Crippen LogP) is -0.832. The lowest BCUT2D eigenvalue weighted by molar-refractivity contribution is -0.149. The van der Waals surface area contributed by atoms with Gasteiger partial charge in [0, 0.05) is 19.8 Å². The van der Waals surface area contributed by atoms with Crippen LogP contribution in [0.2, 0.25) is 0 Å². The van der Waals surface area contributed by atoms with Crippen LogP contribution in [0.3, 0.4) is 0 Å². The van der Waals surface area contributed by atoms with Crippen molar-refractivity contribution in [2.45, 2.75) is 6.54 Å². The van der Waals surface area contributed by atoms with Crippen molar-refractivity contribution in [1.82, 2.24) is 14.8 Å². The maximum absolute atomic E-state index is 11.8. The van der Waals surface area contributed by atoms with Gasteiger partial charge in [0.1, 0.15) is 12.4 Å². The summed E-state index contributed by atoms with van der Waals surface area (Å²) in [5, 5.41) is 0. The molecule has 0 aliphatic carbocycles. The summed E-state index contributed by atoms with van der Waals surface area (Å²) in [7, 11) is 1.63. The number of amides is 2. The molecule has 2 rings (SSSR count). The van der Waals surface area contributed by atoms with Crippen LogP contribution in [0.4, 0.5) is 5.82 Å². The summed E-state index contributed by atoms with van der Waals surface area (Å²) in [6.45, 7) is 0.630. The molecule has 0 spiro atoms. The standard InChI is InChI=1S/C11H15N5O2/c1-15-6-11(18)16(7-10(15)17)5-8-2-3-13-9(4-8)14-12/h2-4H,5-7,12H2,1H3,(H,13,14). The maximum atomic E-state index is 11.8. The molecule has 1 aromatic heterocycles. The molecule has 1 fully saturated rings. The van der Waals surface area contributed by atoms with Crippen molar-refractivity contribution < 1.29 is 9.59 Å². The normalized spacial score (nSPS) is 16.1. The number of hydrogen-bond acceptors (Lipinski definition) is 5. The van der Waals surface area contributed by atoms with E-state index >= 15 is 0 Å². The van der Waals surface area contributed by atoms with Crippen LogP contribution >= 0.6 is 0 Å². The minimum absolute atomic E-state index is 0.0548. The first kappa shape index (κ1) is 12.3. The van der Waals surface area contributed by atoms with E-state index < -0.39 is 0 Å². The fourth-order valence-corrected chi connectivity index (χ4v) is 1.78. The molecule has 2 amide bonds. The Morgan fingerprint density at radius 3 is 2.89 bits per heavy atom. The van der Waals surface area contributed by atoms with Gasteiger partial charge in [0.25, 0.3) is 0 Å². The SMILES string of the molecule is CN1CC(=O)N(Cc2ccnc(NN)c2)CC1=O. The average Bonchev–Trinajstić information content (AvgIpc) is 2.36. The first-order chi connectivity index (χ1) is 8.60. The molecule has 7 nitrogen and oxygen atoms in total. The fraction of sp³-hybridized carbons (Fsp3) is 0.364. The summed E-state index contributed by atoms with van der Waals surface area (Å²) >= 11 is 0. The number of rotatable bonds is 3. The highest BCUT2D eigenvalue weighted by Crippen LogP contribution is 2.11. The topological polar surface area (TPSA) is 91.6 Å². The Labute approximate surface area is 105 Å². The van der Waals surface area contributed by atoms with Crippen LogP contribution in [0, 0.1) is 0 Å². The fourth-order valence-electron chi connectivity index (χ4n) is 1.78. The molecule has 0 atom stereocenters. The summed E-state index contributed by atoms with van der Waals surface area (Å²) in [6.07, 6.45) is 1.60. The number of nitrogens with two attached hydrogens (primary N) is 1. The number of nitrogens with zero attached hydrogens (tertiary/aromatic N) is 3. The molecule has 0 unspecified atom stereocenters. The van der Waals surface area contributed by atoms with Crippen LogP contribution in [0.5, 0.6) is 0 Å². The molecule has 0 saturated carbocycles. The smallest absolute Gasteiger partial charge is 0.242 e. The number of carbonyl (C=O) groups excluding carboxylic acids is 2. The van der Waals surface area contributed by atoms with E-state index in [1.54, 1.807) is 25.4 Å². The lowest BCUT2D eigenvalue weighted by Gasteiger charge is -2.31. The molecular weight excluding hydrogens is 234 g/mol. The number of aromatic nitrogens is 1. The predicted molar refractivity (Wildman–Crippen MR) is 65.1 cm³/mol. The van der Waals surface area contributed by atoms with Crippen molar-refractivity contribution in [3.63, 3.8) is 0 Å². The van der Waals surface area contributed by atoms with E-state index in [1.807, 2.05) is 0 Å². The number of anilines is 1. The van der Waals surface area contributed by atoms with Gasteiger partial charge >= 0.3 is 0 Å². The number of nitrogen functional groups attached to an aromatic ring is 1. The number of hydrogen-bond donors (Lipinski definition) is 2. The maximum Gasteiger partial charge on any atom is 0.242 e. The third-order valence-corrected chi connectivity index (χ3v) is 2.82. The molecule has 3 N–H and O–H groups in total. The lowest BCUT2D eigenvalue weighted by atomic mass is 10.2. The van der Waals surface area contributed by atoms with Gasteiger partial charge in [-0.3, -0.25) is 9.59 Å². The number of hydrazine groups is 1. The first-order valence-electron chi connectivity index (χ1n) is 5.53. The molecule has 0 bridgehead atoms. The Balaban J connectivity index is 2.08. The van der Waals surface area contributed by atoms with Crippen molar-refractivity contribution in [2.75, 3.05) is 25.6 Å². The van der Waals surface area contributed by atoms with Gasteiger partial charge < -0.3 is 15.2 Å². The zero-order valence-electron chi connectivity index (χ0n) is 10.1. The van der Waals surface area contributed by atoms with E-state index in [9.17, 15) is 9.59 Å². The molecule has 7 heteroatoms. The van der Waals surface area contributed by atoms with Gasteiger partial charge in [-0.05, 0) is 17.7 Å². The Bertz CT molecular complexity index is 476. The molecule has 1 aliphatic rings. The van der Waals surface area contributed by atoms with Crippen LogP contribution in [0.25, 0.3) is 0 Å². The van der Waals surface area contributed by atoms with E-state index in [0.29, 0.717) is 12.4 Å². The van der Waals surface area contributed by atoms with Gasteiger partial charge in [-0.2, -0.15) is 0 Å². The molecule has 1 aliphatic heterocycles. The van der Waals surface area contributed by atoms with E-state index in [-0.39, 0.29) is 24.9 Å². The molecule has 2 heterocycles. The van der Waals surface area contributed by atoms with Crippen molar-refractivity contribution in [3.8, 4) is 0 Å². The molecule has 1 saturated heterocycles. The second kappa shape index (κ2) is 5.01.